The molecule has 0 unspecified atom stereocenters. The summed E-state index contributed by atoms with van der Waals surface area (Å²) in [6.07, 6.45) is 5.81. The molecule has 15 heavy (non-hydrogen) atoms. The molecule has 1 N–H and O–H groups in total. The number of nitrogens with zero attached hydrogens (tertiary/aromatic N) is 2. The number of imidazole rings is 1. The van der Waals surface area contributed by atoms with Crippen LogP contribution in [0.5, 0.6) is 0 Å². The molecule has 2 aromatic rings. The van der Waals surface area contributed by atoms with Crippen molar-refractivity contribution in [3.8, 4) is 5.69 Å². The van der Waals surface area contributed by atoms with Crippen molar-refractivity contribution in [2.75, 3.05) is 18.6 Å². The summed E-state index contributed by atoms with van der Waals surface area (Å²) in [7, 11) is 1.87. The molecule has 0 saturated heterocycles. The molecule has 0 fully saturated rings. The number of hydrogen-bond acceptors (Lipinski definition) is 3. The van der Waals surface area contributed by atoms with Gasteiger partial charge in [0.25, 0.3) is 0 Å². The maximum absolute atomic E-state index is 4.21. The normalized spacial score (nSPS) is 10.3. The van der Waals surface area contributed by atoms with Crippen molar-refractivity contribution < 1.29 is 0 Å². The smallest absolute Gasteiger partial charge is 0.207 e. The van der Waals surface area contributed by atoms with Crippen molar-refractivity contribution >= 4 is 17.7 Å². The van der Waals surface area contributed by atoms with Crippen LogP contribution in [0.1, 0.15) is 0 Å². The van der Waals surface area contributed by atoms with Crippen LogP contribution in [0.3, 0.4) is 0 Å². The van der Waals surface area contributed by atoms with Crippen LogP contribution in [0.25, 0.3) is 5.69 Å². The van der Waals surface area contributed by atoms with E-state index in [4.69, 9.17) is 0 Å². The molecule has 0 aliphatic rings. The maximum Gasteiger partial charge on any atom is 0.207 e. The Morgan fingerprint density at radius 3 is 3.00 bits per heavy atom. The predicted molar refractivity (Wildman–Crippen MR) is 64.9 cm³/mol. The molecule has 1 heterocycles. The summed E-state index contributed by atoms with van der Waals surface area (Å²) in [5.74, 6) is 0.855. The topological polar surface area (TPSA) is 29.9 Å². The molecule has 78 valence electrons. The van der Waals surface area contributed by atoms with Crippen molar-refractivity contribution in [1.29, 1.82) is 0 Å². The number of aromatic nitrogens is 2. The van der Waals surface area contributed by atoms with Gasteiger partial charge in [-0.15, -0.1) is 11.8 Å². The van der Waals surface area contributed by atoms with Gasteiger partial charge in [0.15, 0.2) is 0 Å². The summed E-state index contributed by atoms with van der Waals surface area (Å²) in [4.78, 5) is 5.46. The Morgan fingerprint density at radius 2 is 2.27 bits per heavy atom. The molecule has 0 saturated carbocycles. The number of nitrogens with one attached hydrogen (secondary N) is 1. The molecule has 1 aromatic heterocycles. The zero-order valence-electron chi connectivity index (χ0n) is 8.77. The lowest BCUT2D eigenvalue weighted by Gasteiger charge is -2.07. The van der Waals surface area contributed by atoms with E-state index < -0.39 is 0 Å². The summed E-state index contributed by atoms with van der Waals surface area (Å²) >= 11 is 1.74. The van der Waals surface area contributed by atoms with Crippen LogP contribution in [0, 0.1) is 0 Å². The van der Waals surface area contributed by atoms with Crippen LogP contribution >= 0.6 is 11.8 Å². The van der Waals surface area contributed by atoms with Crippen LogP contribution in [-0.4, -0.2) is 22.9 Å². The van der Waals surface area contributed by atoms with Gasteiger partial charge in [0.2, 0.25) is 5.95 Å². The summed E-state index contributed by atoms with van der Waals surface area (Å²) in [6, 6.07) is 8.38. The molecule has 0 amide bonds. The minimum absolute atomic E-state index is 0.855. The third-order valence-electron chi connectivity index (χ3n) is 2.20. The summed E-state index contributed by atoms with van der Waals surface area (Å²) in [5, 5.41) is 3.06. The molecule has 0 atom stereocenters. The molecular formula is C11H13N3S. The first-order valence-corrected chi connectivity index (χ1v) is 5.93. The molecule has 0 radical (unpaired) electrons. The van der Waals surface area contributed by atoms with E-state index in [0.717, 1.165) is 11.6 Å². The SMILES string of the molecule is CNc1nccn1-c1cccc(SC)c1. The average Bonchev–Trinajstić information content (AvgIpc) is 2.77. The number of benzene rings is 1. The van der Waals surface area contributed by atoms with Crippen LogP contribution in [-0.2, 0) is 0 Å². The second-order valence-corrected chi connectivity index (χ2v) is 3.95. The highest BCUT2D eigenvalue weighted by Crippen LogP contribution is 2.20. The Balaban J connectivity index is 2.44. The molecule has 4 heteroatoms. The molecule has 0 aliphatic carbocycles. The van der Waals surface area contributed by atoms with Crippen molar-refractivity contribution in [3.05, 3.63) is 36.7 Å². The quantitative estimate of drug-likeness (QED) is 0.805. The first kappa shape index (κ1) is 10.1. The number of hydrogen-bond donors (Lipinski definition) is 1. The van der Waals surface area contributed by atoms with Crippen LogP contribution < -0.4 is 5.32 Å². The minimum Gasteiger partial charge on any atom is -0.358 e. The van der Waals surface area contributed by atoms with Gasteiger partial charge < -0.3 is 5.32 Å². The van der Waals surface area contributed by atoms with Gasteiger partial charge in [-0.3, -0.25) is 4.57 Å². The number of rotatable bonds is 3. The van der Waals surface area contributed by atoms with E-state index in [0.29, 0.717) is 0 Å². The third kappa shape index (κ3) is 1.99. The fraction of sp³-hybridized carbons (Fsp3) is 0.182. The van der Waals surface area contributed by atoms with E-state index >= 15 is 0 Å². The van der Waals surface area contributed by atoms with Gasteiger partial charge in [-0.1, -0.05) is 6.07 Å². The van der Waals surface area contributed by atoms with Crippen molar-refractivity contribution in [1.82, 2.24) is 9.55 Å². The molecule has 0 spiro atoms. The van der Waals surface area contributed by atoms with Gasteiger partial charge in [-0.2, -0.15) is 0 Å². The van der Waals surface area contributed by atoms with Crippen molar-refractivity contribution in [2.24, 2.45) is 0 Å². The summed E-state index contributed by atoms with van der Waals surface area (Å²) < 4.78 is 2.03. The van der Waals surface area contributed by atoms with E-state index in [1.54, 1.807) is 18.0 Å². The first-order valence-electron chi connectivity index (χ1n) is 4.70. The highest BCUT2D eigenvalue weighted by molar-refractivity contribution is 7.98. The van der Waals surface area contributed by atoms with Gasteiger partial charge in [0.05, 0.1) is 0 Å². The van der Waals surface area contributed by atoms with E-state index in [1.807, 2.05) is 17.8 Å². The molecule has 3 nitrogen and oxygen atoms in total. The molecule has 2 rings (SSSR count). The highest BCUT2D eigenvalue weighted by atomic mass is 32.2. The number of thioether (sulfide) groups is 1. The van der Waals surface area contributed by atoms with Crippen LogP contribution in [0.15, 0.2) is 41.6 Å². The zero-order valence-corrected chi connectivity index (χ0v) is 9.58. The second-order valence-electron chi connectivity index (χ2n) is 3.07. The summed E-state index contributed by atoms with van der Waals surface area (Å²) in [5.41, 5.74) is 1.13. The fourth-order valence-corrected chi connectivity index (χ4v) is 1.91. The fourth-order valence-electron chi connectivity index (χ4n) is 1.46. The Kier molecular flexibility index (Phi) is 2.97. The van der Waals surface area contributed by atoms with E-state index in [-0.39, 0.29) is 0 Å². The third-order valence-corrected chi connectivity index (χ3v) is 2.92. The Bertz CT molecular complexity index is 451. The molecule has 1 aromatic carbocycles. The lowest BCUT2D eigenvalue weighted by Crippen LogP contribution is -2.00. The molecule has 0 aliphatic heterocycles. The van der Waals surface area contributed by atoms with Gasteiger partial charge >= 0.3 is 0 Å². The monoisotopic (exact) mass is 219 g/mol. The Labute approximate surface area is 93.5 Å². The minimum atomic E-state index is 0.855. The lowest BCUT2D eigenvalue weighted by molar-refractivity contribution is 1.05. The lowest BCUT2D eigenvalue weighted by atomic mass is 10.3. The Hall–Kier alpha value is -1.42. The highest BCUT2D eigenvalue weighted by Gasteiger charge is 2.02. The van der Waals surface area contributed by atoms with Crippen LogP contribution in [0.4, 0.5) is 5.95 Å². The molecular weight excluding hydrogens is 206 g/mol. The Morgan fingerprint density at radius 1 is 1.40 bits per heavy atom. The standard InChI is InChI=1S/C11H13N3S/c1-12-11-13-6-7-14(11)9-4-3-5-10(8-9)15-2/h3-8H,1-2H3,(H,12,13). The van der Waals surface area contributed by atoms with Gasteiger partial charge in [0.1, 0.15) is 0 Å². The van der Waals surface area contributed by atoms with Crippen LogP contribution in [0.2, 0.25) is 0 Å². The van der Waals surface area contributed by atoms with E-state index in [2.05, 4.69) is 40.8 Å². The second kappa shape index (κ2) is 4.40. The summed E-state index contributed by atoms with van der Waals surface area (Å²) in [6.45, 7) is 0. The van der Waals surface area contributed by atoms with Gasteiger partial charge in [-0.25, -0.2) is 4.98 Å². The maximum atomic E-state index is 4.21. The molecule has 0 bridgehead atoms. The van der Waals surface area contributed by atoms with Crippen molar-refractivity contribution in [3.63, 3.8) is 0 Å². The van der Waals surface area contributed by atoms with E-state index in [9.17, 15) is 0 Å². The van der Waals surface area contributed by atoms with Crippen molar-refractivity contribution in [2.45, 2.75) is 4.90 Å². The van der Waals surface area contributed by atoms with Gasteiger partial charge in [0, 0.05) is 30.0 Å². The zero-order chi connectivity index (χ0) is 10.7. The number of anilines is 1. The first-order chi connectivity index (χ1) is 7.35. The largest absolute Gasteiger partial charge is 0.358 e. The predicted octanol–water partition coefficient (Wildman–Crippen LogP) is 2.64. The average molecular weight is 219 g/mol. The van der Waals surface area contributed by atoms with Gasteiger partial charge in [-0.05, 0) is 24.5 Å². The van der Waals surface area contributed by atoms with E-state index in [1.165, 1.54) is 4.90 Å².